The van der Waals surface area contributed by atoms with Crippen LogP contribution < -0.4 is 4.90 Å². The molecular formula is C19H19BrN6. The zero-order valence-corrected chi connectivity index (χ0v) is 16.3. The number of pyridine rings is 1. The lowest BCUT2D eigenvalue weighted by Crippen LogP contribution is -2.42. The summed E-state index contributed by atoms with van der Waals surface area (Å²) in [6.07, 6.45) is 1.80. The van der Waals surface area contributed by atoms with Gasteiger partial charge in [0.15, 0.2) is 5.84 Å². The Morgan fingerprint density at radius 3 is 2.81 bits per heavy atom. The van der Waals surface area contributed by atoms with Crippen molar-refractivity contribution < 1.29 is 0 Å². The van der Waals surface area contributed by atoms with E-state index in [-0.39, 0.29) is 0 Å². The molecule has 4 rings (SSSR count). The number of nitrogens with zero attached hydrogens (tertiary/aromatic N) is 6. The molecule has 0 N–H and O–H groups in total. The zero-order chi connectivity index (χ0) is 18.1. The van der Waals surface area contributed by atoms with Gasteiger partial charge in [0.05, 0.1) is 35.9 Å². The topological polar surface area (TPSA) is 56.5 Å². The highest BCUT2D eigenvalue weighted by atomic mass is 79.9. The van der Waals surface area contributed by atoms with Crippen molar-refractivity contribution in [3.8, 4) is 0 Å². The van der Waals surface area contributed by atoms with E-state index in [0.29, 0.717) is 6.54 Å². The molecule has 132 valence electrons. The maximum atomic E-state index is 4.83. The fourth-order valence-electron chi connectivity index (χ4n) is 3.17. The first-order valence-corrected chi connectivity index (χ1v) is 9.21. The normalized spacial score (nSPS) is 16.3. The van der Waals surface area contributed by atoms with Gasteiger partial charge < -0.3 is 9.80 Å². The van der Waals surface area contributed by atoms with Crippen LogP contribution in [0.4, 0.5) is 5.69 Å². The molecule has 0 radical (unpaired) electrons. The predicted molar refractivity (Wildman–Crippen MR) is 110 cm³/mol. The Bertz CT molecular complexity index is 917. The minimum absolute atomic E-state index is 0.483. The van der Waals surface area contributed by atoms with Crippen LogP contribution in [0.25, 0.3) is 0 Å². The predicted octanol–water partition coefficient (Wildman–Crippen LogP) is 2.83. The van der Waals surface area contributed by atoms with Crippen molar-refractivity contribution in [3.05, 3.63) is 58.3 Å². The zero-order valence-electron chi connectivity index (χ0n) is 14.7. The molecule has 0 spiro atoms. The summed E-state index contributed by atoms with van der Waals surface area (Å²) in [6, 6.07) is 12.1. The van der Waals surface area contributed by atoms with E-state index in [2.05, 4.69) is 59.1 Å². The van der Waals surface area contributed by atoms with Gasteiger partial charge in [0.25, 0.3) is 0 Å². The molecule has 0 saturated carbocycles. The molecule has 1 aromatic carbocycles. The largest absolute Gasteiger partial charge is 0.320 e. The third kappa shape index (κ3) is 3.32. The summed E-state index contributed by atoms with van der Waals surface area (Å²) in [4.78, 5) is 13.7. The SMILES string of the molecule is CN(C)CC1=NN=C2CN=C(c3ccccn3)c3cc(Br)ccc3N2C1. The van der Waals surface area contributed by atoms with E-state index in [0.717, 1.165) is 51.8 Å². The highest BCUT2D eigenvalue weighted by Crippen LogP contribution is 2.30. The van der Waals surface area contributed by atoms with Crippen molar-refractivity contribution in [1.29, 1.82) is 0 Å². The van der Waals surface area contributed by atoms with Crippen LogP contribution in [-0.4, -0.2) is 60.9 Å². The van der Waals surface area contributed by atoms with Crippen LogP contribution in [0.5, 0.6) is 0 Å². The van der Waals surface area contributed by atoms with E-state index in [1.54, 1.807) is 6.20 Å². The number of rotatable bonds is 3. The molecule has 0 amide bonds. The molecule has 2 aromatic rings. The Kier molecular flexibility index (Phi) is 4.65. The van der Waals surface area contributed by atoms with Crippen LogP contribution in [0, 0.1) is 0 Å². The van der Waals surface area contributed by atoms with Crippen LogP contribution >= 0.6 is 15.9 Å². The van der Waals surface area contributed by atoms with E-state index in [4.69, 9.17) is 4.99 Å². The molecule has 3 heterocycles. The van der Waals surface area contributed by atoms with Crippen molar-refractivity contribution in [2.45, 2.75) is 0 Å². The van der Waals surface area contributed by atoms with Crippen molar-refractivity contribution in [3.63, 3.8) is 0 Å². The van der Waals surface area contributed by atoms with Gasteiger partial charge in [-0.25, -0.2) is 0 Å². The van der Waals surface area contributed by atoms with Crippen LogP contribution in [0.3, 0.4) is 0 Å². The van der Waals surface area contributed by atoms with Crippen LogP contribution in [-0.2, 0) is 0 Å². The molecule has 0 fully saturated rings. The molecule has 2 aliphatic rings. The summed E-state index contributed by atoms with van der Waals surface area (Å²) in [7, 11) is 4.08. The number of aromatic nitrogens is 1. The van der Waals surface area contributed by atoms with Gasteiger partial charge >= 0.3 is 0 Å². The van der Waals surface area contributed by atoms with Crippen LogP contribution in [0.1, 0.15) is 11.3 Å². The first-order valence-electron chi connectivity index (χ1n) is 8.42. The number of hydrogen-bond acceptors (Lipinski definition) is 6. The smallest absolute Gasteiger partial charge is 0.154 e. The van der Waals surface area contributed by atoms with Gasteiger partial charge in [-0.2, -0.15) is 5.10 Å². The number of fused-ring (bicyclic) bond motifs is 3. The van der Waals surface area contributed by atoms with Crippen LogP contribution in [0.2, 0.25) is 0 Å². The molecule has 26 heavy (non-hydrogen) atoms. The molecule has 2 aliphatic heterocycles. The second-order valence-electron chi connectivity index (χ2n) is 6.55. The maximum Gasteiger partial charge on any atom is 0.154 e. The molecule has 1 aromatic heterocycles. The van der Waals surface area contributed by atoms with Gasteiger partial charge in [0, 0.05) is 22.8 Å². The van der Waals surface area contributed by atoms with E-state index in [9.17, 15) is 0 Å². The minimum atomic E-state index is 0.483. The van der Waals surface area contributed by atoms with Gasteiger partial charge in [0.2, 0.25) is 0 Å². The lowest BCUT2D eigenvalue weighted by atomic mass is 10.0. The Morgan fingerprint density at radius 2 is 2.04 bits per heavy atom. The van der Waals surface area contributed by atoms with Gasteiger partial charge in [-0.05, 0) is 44.4 Å². The number of amidine groups is 1. The van der Waals surface area contributed by atoms with E-state index >= 15 is 0 Å². The Morgan fingerprint density at radius 1 is 1.15 bits per heavy atom. The Balaban J connectivity index is 1.81. The third-order valence-electron chi connectivity index (χ3n) is 4.25. The molecule has 6 nitrogen and oxygen atoms in total. The molecule has 0 atom stereocenters. The standard InChI is InChI=1S/C19H19BrN6/c1-25(2)11-14-12-26-17-7-6-13(20)9-15(17)19(16-5-3-4-8-21-16)22-10-18(26)24-23-14/h3-9H,10-12H2,1-2H3. The second kappa shape index (κ2) is 7.09. The van der Waals surface area contributed by atoms with E-state index in [1.807, 2.05) is 32.3 Å². The summed E-state index contributed by atoms with van der Waals surface area (Å²) in [5.74, 6) is 0.863. The van der Waals surface area contributed by atoms with E-state index in [1.165, 1.54) is 0 Å². The number of hydrogen-bond donors (Lipinski definition) is 0. The van der Waals surface area contributed by atoms with E-state index < -0.39 is 0 Å². The summed E-state index contributed by atoms with van der Waals surface area (Å²) in [6.45, 7) is 1.99. The fraction of sp³-hybridized carbons (Fsp3) is 0.263. The van der Waals surface area contributed by atoms with Gasteiger partial charge in [0.1, 0.15) is 0 Å². The molecular weight excluding hydrogens is 392 g/mol. The maximum absolute atomic E-state index is 4.83. The van der Waals surface area contributed by atoms with Crippen molar-refractivity contribution >= 4 is 38.9 Å². The average molecular weight is 411 g/mol. The number of anilines is 1. The fourth-order valence-corrected chi connectivity index (χ4v) is 3.53. The highest BCUT2D eigenvalue weighted by Gasteiger charge is 2.27. The summed E-state index contributed by atoms with van der Waals surface area (Å²) in [5.41, 5.74) is 4.91. The third-order valence-corrected chi connectivity index (χ3v) is 4.74. The monoisotopic (exact) mass is 410 g/mol. The number of aliphatic imine (C=N–C) groups is 1. The van der Waals surface area contributed by atoms with Crippen molar-refractivity contribution in [2.75, 3.05) is 38.6 Å². The van der Waals surface area contributed by atoms with Crippen LogP contribution in [0.15, 0.2) is 62.3 Å². The first kappa shape index (κ1) is 17.1. The quantitative estimate of drug-likeness (QED) is 0.781. The first-order chi connectivity index (χ1) is 12.6. The lowest BCUT2D eigenvalue weighted by molar-refractivity contribution is 0.467. The lowest BCUT2D eigenvalue weighted by Gasteiger charge is -2.29. The molecule has 0 bridgehead atoms. The second-order valence-corrected chi connectivity index (χ2v) is 7.46. The van der Waals surface area contributed by atoms with Gasteiger partial charge in [-0.1, -0.05) is 22.0 Å². The highest BCUT2D eigenvalue weighted by molar-refractivity contribution is 9.10. The molecule has 7 heteroatoms. The summed E-state index contributed by atoms with van der Waals surface area (Å²) in [5, 5.41) is 8.87. The molecule has 0 saturated heterocycles. The average Bonchev–Trinajstić information content (AvgIpc) is 2.78. The molecule has 0 unspecified atom stereocenters. The number of benzene rings is 1. The van der Waals surface area contributed by atoms with Gasteiger partial charge in [-0.3, -0.25) is 9.98 Å². The Hall–Kier alpha value is -2.38. The molecule has 0 aliphatic carbocycles. The minimum Gasteiger partial charge on any atom is -0.320 e. The Labute approximate surface area is 161 Å². The summed E-state index contributed by atoms with van der Waals surface area (Å²) < 4.78 is 1.01. The van der Waals surface area contributed by atoms with Crippen molar-refractivity contribution in [1.82, 2.24) is 9.88 Å². The number of halogens is 1. The summed E-state index contributed by atoms with van der Waals surface area (Å²) >= 11 is 3.59. The van der Waals surface area contributed by atoms with Gasteiger partial charge in [-0.15, -0.1) is 5.10 Å². The van der Waals surface area contributed by atoms with Crippen molar-refractivity contribution in [2.24, 2.45) is 15.2 Å².